The molecule has 0 bridgehead atoms. The quantitative estimate of drug-likeness (QED) is 0.0261. The molecular formula is C73H116O6. The van der Waals surface area contributed by atoms with E-state index in [2.05, 4.69) is 179 Å². The van der Waals surface area contributed by atoms with E-state index in [0.717, 1.165) is 180 Å². The molecule has 0 aliphatic carbocycles. The Kier molecular flexibility index (Phi) is 61.4. The molecule has 0 aromatic carbocycles. The first-order valence-electron chi connectivity index (χ1n) is 32.0. The first kappa shape index (κ1) is 74.0. The Morgan fingerprint density at radius 1 is 0.266 bits per heavy atom. The van der Waals surface area contributed by atoms with Crippen molar-refractivity contribution in [3.05, 3.63) is 158 Å². The van der Waals surface area contributed by atoms with E-state index in [4.69, 9.17) is 14.2 Å². The molecule has 0 heterocycles. The van der Waals surface area contributed by atoms with Crippen LogP contribution < -0.4 is 0 Å². The first-order valence-corrected chi connectivity index (χ1v) is 32.0. The molecule has 0 saturated carbocycles. The van der Waals surface area contributed by atoms with Gasteiger partial charge < -0.3 is 14.2 Å². The number of hydrogen-bond acceptors (Lipinski definition) is 6. The van der Waals surface area contributed by atoms with E-state index in [1.54, 1.807) is 0 Å². The Bertz CT molecular complexity index is 1780. The third kappa shape index (κ3) is 63.7. The molecule has 0 amide bonds. The van der Waals surface area contributed by atoms with Gasteiger partial charge in [0.2, 0.25) is 0 Å². The molecule has 79 heavy (non-hydrogen) atoms. The highest BCUT2D eigenvalue weighted by Crippen LogP contribution is 2.14. The topological polar surface area (TPSA) is 78.9 Å². The van der Waals surface area contributed by atoms with Crippen LogP contribution in [0.4, 0.5) is 0 Å². The Labute approximate surface area is 486 Å². The van der Waals surface area contributed by atoms with Crippen molar-refractivity contribution in [3.63, 3.8) is 0 Å². The average molecular weight is 1090 g/mol. The van der Waals surface area contributed by atoms with Crippen molar-refractivity contribution in [1.29, 1.82) is 0 Å². The van der Waals surface area contributed by atoms with Gasteiger partial charge in [0.15, 0.2) is 6.10 Å². The number of esters is 3. The van der Waals surface area contributed by atoms with Gasteiger partial charge >= 0.3 is 17.9 Å². The van der Waals surface area contributed by atoms with Crippen LogP contribution in [-0.2, 0) is 28.6 Å². The molecule has 0 saturated heterocycles. The molecule has 444 valence electrons. The third-order valence-electron chi connectivity index (χ3n) is 13.0. The summed E-state index contributed by atoms with van der Waals surface area (Å²) in [6.45, 7) is 6.31. The Morgan fingerprint density at radius 2 is 0.494 bits per heavy atom. The SMILES string of the molecule is CC/C=C\C/C=C\C/C=C\C/C=C\C/C=C\C/C=C\C/C=C\CCCCCCCCCC(=O)OCC(COC(=O)CCCCCCC/C=C\C/C=C\CCC)OC(=O)CCCCCCCC/C=C\C/C=C\C/C=C\C/C=C\CC. The molecule has 0 fully saturated rings. The molecule has 0 aliphatic rings. The summed E-state index contributed by atoms with van der Waals surface area (Å²) in [5.74, 6) is -0.942. The van der Waals surface area contributed by atoms with Gasteiger partial charge in [-0.15, -0.1) is 0 Å². The van der Waals surface area contributed by atoms with E-state index in [-0.39, 0.29) is 31.1 Å². The van der Waals surface area contributed by atoms with E-state index in [0.29, 0.717) is 19.3 Å². The lowest BCUT2D eigenvalue weighted by molar-refractivity contribution is -0.167. The minimum Gasteiger partial charge on any atom is -0.462 e. The fraction of sp³-hybridized carbons (Fsp3) is 0.603. The van der Waals surface area contributed by atoms with Gasteiger partial charge in [0.25, 0.3) is 0 Å². The van der Waals surface area contributed by atoms with Gasteiger partial charge in [0.05, 0.1) is 0 Å². The van der Waals surface area contributed by atoms with E-state index >= 15 is 0 Å². The molecule has 0 aliphatic heterocycles. The maximum atomic E-state index is 12.9. The number of hydrogen-bond donors (Lipinski definition) is 0. The van der Waals surface area contributed by atoms with Crippen LogP contribution in [0.1, 0.15) is 265 Å². The van der Waals surface area contributed by atoms with E-state index in [1.165, 1.54) is 44.9 Å². The third-order valence-corrected chi connectivity index (χ3v) is 13.0. The molecule has 1 unspecified atom stereocenters. The van der Waals surface area contributed by atoms with Gasteiger partial charge in [-0.3, -0.25) is 14.4 Å². The fourth-order valence-electron chi connectivity index (χ4n) is 8.27. The molecule has 1 atom stereocenters. The summed E-state index contributed by atoms with van der Waals surface area (Å²) in [5, 5.41) is 0. The Hall–Kier alpha value is -4.97. The maximum Gasteiger partial charge on any atom is 0.306 e. The second kappa shape index (κ2) is 65.5. The number of unbranched alkanes of at least 4 members (excludes halogenated alkanes) is 19. The minimum atomic E-state index is -0.805. The number of rotatable bonds is 56. The standard InChI is InChI=1S/C73H116O6/c1-4-7-10-13-16-19-22-25-27-29-31-32-33-34-35-36-37-38-39-40-42-43-45-48-51-54-57-60-63-66-72(75)78-69-70(68-77-71(74)65-62-59-56-53-50-47-24-21-18-15-12-9-6-3)79-73(76)67-64-61-58-55-52-49-46-44-41-30-28-26-23-20-17-14-11-8-5-2/h7-8,10-12,15-17,19-21,24-28,31-32,34-35,37-38,40-42,44,70H,4-6,9,13-14,18,22-23,29-30,33,36,39,43,45-69H2,1-3H3/b10-7-,11-8-,15-12-,19-16-,20-17-,24-21-,27-25-,28-26-,32-31-,35-34-,38-37-,42-40-,44-41-. The summed E-state index contributed by atoms with van der Waals surface area (Å²) < 4.78 is 16.9. The number of ether oxygens (including phenoxy) is 3. The van der Waals surface area contributed by atoms with Crippen molar-refractivity contribution in [2.45, 2.75) is 271 Å². The molecule has 0 radical (unpaired) electrons. The average Bonchev–Trinajstić information content (AvgIpc) is 3.45. The van der Waals surface area contributed by atoms with Gasteiger partial charge in [-0.1, -0.05) is 262 Å². The lowest BCUT2D eigenvalue weighted by Gasteiger charge is -2.18. The molecule has 0 rings (SSSR count). The van der Waals surface area contributed by atoms with Gasteiger partial charge in [-0.05, 0) is 141 Å². The van der Waals surface area contributed by atoms with E-state index < -0.39 is 6.10 Å². The predicted octanol–water partition coefficient (Wildman–Crippen LogP) is 22.1. The van der Waals surface area contributed by atoms with Crippen LogP contribution >= 0.6 is 0 Å². The number of carbonyl (C=O) groups excluding carboxylic acids is 3. The highest BCUT2D eigenvalue weighted by molar-refractivity contribution is 5.71. The largest absolute Gasteiger partial charge is 0.462 e. The van der Waals surface area contributed by atoms with Crippen molar-refractivity contribution in [1.82, 2.24) is 0 Å². The summed E-state index contributed by atoms with van der Waals surface area (Å²) in [5.41, 5.74) is 0. The zero-order valence-electron chi connectivity index (χ0n) is 50.8. The fourth-order valence-corrected chi connectivity index (χ4v) is 8.27. The number of allylic oxidation sites excluding steroid dienone is 26. The van der Waals surface area contributed by atoms with Crippen LogP contribution in [-0.4, -0.2) is 37.2 Å². The van der Waals surface area contributed by atoms with Gasteiger partial charge in [-0.2, -0.15) is 0 Å². The molecule has 6 nitrogen and oxygen atoms in total. The van der Waals surface area contributed by atoms with Crippen LogP contribution in [0.25, 0.3) is 0 Å². The molecule has 0 spiro atoms. The molecular weight excluding hydrogens is 973 g/mol. The lowest BCUT2D eigenvalue weighted by atomic mass is 10.1. The predicted molar refractivity (Wildman–Crippen MR) is 343 cm³/mol. The van der Waals surface area contributed by atoms with Crippen LogP contribution in [0.3, 0.4) is 0 Å². The highest BCUT2D eigenvalue weighted by atomic mass is 16.6. The highest BCUT2D eigenvalue weighted by Gasteiger charge is 2.19. The molecule has 0 aromatic rings. The normalized spacial score (nSPS) is 13.2. The summed E-state index contributed by atoms with van der Waals surface area (Å²) in [4.78, 5) is 38.3. The van der Waals surface area contributed by atoms with E-state index in [9.17, 15) is 14.4 Å². The Balaban J connectivity index is 4.39. The second-order valence-electron chi connectivity index (χ2n) is 20.5. The zero-order valence-corrected chi connectivity index (χ0v) is 50.8. The molecule has 0 N–H and O–H groups in total. The monoisotopic (exact) mass is 1090 g/mol. The van der Waals surface area contributed by atoms with Crippen LogP contribution in [0, 0.1) is 0 Å². The van der Waals surface area contributed by atoms with Crippen molar-refractivity contribution in [3.8, 4) is 0 Å². The maximum absolute atomic E-state index is 12.9. The summed E-state index contributed by atoms with van der Waals surface area (Å²) in [7, 11) is 0. The van der Waals surface area contributed by atoms with Crippen LogP contribution in [0.15, 0.2) is 158 Å². The van der Waals surface area contributed by atoms with Crippen LogP contribution in [0.2, 0.25) is 0 Å². The molecule has 0 aromatic heterocycles. The summed E-state index contributed by atoms with van der Waals surface area (Å²) in [6.07, 6.45) is 95.3. The minimum absolute atomic E-state index is 0.101. The smallest absolute Gasteiger partial charge is 0.306 e. The second-order valence-corrected chi connectivity index (χ2v) is 20.5. The van der Waals surface area contributed by atoms with Crippen molar-refractivity contribution in [2.75, 3.05) is 13.2 Å². The van der Waals surface area contributed by atoms with Crippen molar-refractivity contribution in [2.24, 2.45) is 0 Å². The van der Waals surface area contributed by atoms with Crippen molar-refractivity contribution < 1.29 is 28.6 Å². The van der Waals surface area contributed by atoms with Gasteiger partial charge in [0.1, 0.15) is 13.2 Å². The lowest BCUT2D eigenvalue weighted by Crippen LogP contribution is -2.30. The summed E-state index contributed by atoms with van der Waals surface area (Å²) >= 11 is 0. The van der Waals surface area contributed by atoms with Crippen LogP contribution in [0.5, 0.6) is 0 Å². The Morgan fingerprint density at radius 3 is 0.772 bits per heavy atom. The van der Waals surface area contributed by atoms with Gasteiger partial charge in [-0.25, -0.2) is 0 Å². The summed E-state index contributed by atoms with van der Waals surface area (Å²) in [6, 6.07) is 0. The first-order chi connectivity index (χ1) is 39.0. The zero-order chi connectivity index (χ0) is 57.1. The molecule has 6 heteroatoms. The number of carbonyl (C=O) groups is 3. The van der Waals surface area contributed by atoms with Crippen molar-refractivity contribution >= 4 is 17.9 Å². The van der Waals surface area contributed by atoms with E-state index in [1.807, 2.05) is 0 Å². The van der Waals surface area contributed by atoms with Gasteiger partial charge in [0, 0.05) is 19.3 Å².